The van der Waals surface area contributed by atoms with Gasteiger partial charge in [-0.1, -0.05) is 13.8 Å². The van der Waals surface area contributed by atoms with E-state index < -0.39 is 0 Å². The molecule has 0 rings (SSSR count). The van der Waals surface area contributed by atoms with Crippen LogP contribution in [-0.4, -0.2) is 36.3 Å². The third-order valence-electron chi connectivity index (χ3n) is 2.08. The zero-order valence-electron chi connectivity index (χ0n) is 9.75. The van der Waals surface area contributed by atoms with Crippen LogP contribution in [0.15, 0.2) is 0 Å². The van der Waals surface area contributed by atoms with Crippen LogP contribution in [-0.2, 0) is 0 Å². The van der Waals surface area contributed by atoms with Crippen molar-refractivity contribution in [1.29, 1.82) is 0 Å². The minimum atomic E-state index is -0.171. The number of thioether (sulfide) groups is 1. The van der Waals surface area contributed by atoms with Crippen molar-refractivity contribution in [2.75, 3.05) is 25.1 Å². The van der Waals surface area contributed by atoms with Crippen LogP contribution in [0.2, 0.25) is 0 Å². The van der Waals surface area contributed by atoms with Gasteiger partial charge in [-0.25, -0.2) is 0 Å². The van der Waals surface area contributed by atoms with Gasteiger partial charge >= 0.3 is 0 Å². The lowest BCUT2D eigenvalue weighted by atomic mass is 10.1. The highest BCUT2D eigenvalue weighted by Crippen LogP contribution is 2.03. The summed E-state index contributed by atoms with van der Waals surface area (Å²) in [6, 6.07) is 0. The summed E-state index contributed by atoms with van der Waals surface area (Å²) in [6.07, 6.45) is 5.36. The Labute approximate surface area is 92.9 Å². The molecule has 0 amide bonds. The molecule has 0 spiro atoms. The summed E-state index contributed by atoms with van der Waals surface area (Å²) in [4.78, 5) is 0. The largest absolute Gasteiger partial charge is 0.392 e. The molecule has 0 radical (unpaired) electrons. The van der Waals surface area contributed by atoms with Crippen LogP contribution in [0.4, 0.5) is 0 Å². The van der Waals surface area contributed by atoms with Gasteiger partial charge in [0, 0.05) is 6.54 Å². The lowest BCUT2D eigenvalue weighted by molar-refractivity contribution is 0.146. The molecule has 0 aliphatic heterocycles. The summed E-state index contributed by atoms with van der Waals surface area (Å²) in [5, 5.41) is 12.8. The predicted octanol–water partition coefficient (Wildman–Crippen LogP) is 2.13. The smallest absolute Gasteiger partial charge is 0.0667 e. The molecule has 2 N–H and O–H groups in total. The fourth-order valence-corrected chi connectivity index (χ4v) is 1.89. The van der Waals surface area contributed by atoms with E-state index in [0.717, 1.165) is 19.5 Å². The van der Waals surface area contributed by atoms with Gasteiger partial charge in [-0.05, 0) is 43.7 Å². The van der Waals surface area contributed by atoms with E-state index in [0.29, 0.717) is 5.92 Å². The molecule has 0 saturated carbocycles. The van der Waals surface area contributed by atoms with Gasteiger partial charge in [0.25, 0.3) is 0 Å². The number of hydrogen-bond donors (Lipinski definition) is 2. The molecule has 0 aliphatic rings. The van der Waals surface area contributed by atoms with Crippen LogP contribution in [0.1, 0.15) is 33.1 Å². The van der Waals surface area contributed by atoms with Crippen molar-refractivity contribution in [2.24, 2.45) is 5.92 Å². The number of rotatable bonds is 9. The summed E-state index contributed by atoms with van der Waals surface area (Å²) < 4.78 is 0. The lowest BCUT2D eigenvalue weighted by Crippen LogP contribution is -2.28. The van der Waals surface area contributed by atoms with Crippen molar-refractivity contribution in [3.63, 3.8) is 0 Å². The number of aliphatic hydroxyl groups is 1. The first-order chi connectivity index (χ1) is 6.66. The van der Waals surface area contributed by atoms with Gasteiger partial charge in [-0.3, -0.25) is 0 Å². The summed E-state index contributed by atoms with van der Waals surface area (Å²) in [6.45, 7) is 6.07. The van der Waals surface area contributed by atoms with Crippen LogP contribution < -0.4 is 5.32 Å². The molecular weight excluding hydrogens is 194 g/mol. The van der Waals surface area contributed by atoms with Crippen molar-refractivity contribution >= 4 is 11.8 Å². The molecule has 2 nitrogen and oxygen atoms in total. The van der Waals surface area contributed by atoms with Gasteiger partial charge < -0.3 is 10.4 Å². The molecule has 0 fully saturated rings. The Kier molecular flexibility index (Phi) is 10.0. The maximum Gasteiger partial charge on any atom is 0.0667 e. The average Bonchev–Trinajstić information content (AvgIpc) is 2.10. The van der Waals surface area contributed by atoms with Crippen molar-refractivity contribution < 1.29 is 5.11 Å². The van der Waals surface area contributed by atoms with Gasteiger partial charge in [0.2, 0.25) is 0 Å². The molecule has 3 heteroatoms. The molecular formula is C11H25NOS. The van der Waals surface area contributed by atoms with E-state index in [9.17, 15) is 5.11 Å². The molecule has 86 valence electrons. The summed E-state index contributed by atoms with van der Waals surface area (Å²) in [5.41, 5.74) is 0. The number of nitrogens with one attached hydrogen (secondary N) is 1. The van der Waals surface area contributed by atoms with E-state index in [2.05, 4.69) is 25.4 Å². The minimum Gasteiger partial charge on any atom is -0.392 e. The van der Waals surface area contributed by atoms with Crippen LogP contribution >= 0.6 is 11.8 Å². The van der Waals surface area contributed by atoms with Gasteiger partial charge in [0.1, 0.15) is 0 Å². The molecule has 0 aliphatic carbocycles. The Hall–Kier alpha value is 0.270. The van der Waals surface area contributed by atoms with Crippen molar-refractivity contribution in [3.05, 3.63) is 0 Å². The first-order valence-corrected chi connectivity index (χ1v) is 6.94. The lowest BCUT2D eigenvalue weighted by Gasteiger charge is -2.13. The second kappa shape index (κ2) is 9.81. The first-order valence-electron chi connectivity index (χ1n) is 5.54. The zero-order valence-corrected chi connectivity index (χ0v) is 10.6. The Bertz CT molecular complexity index is 120. The van der Waals surface area contributed by atoms with Crippen LogP contribution in [0.25, 0.3) is 0 Å². The van der Waals surface area contributed by atoms with Crippen molar-refractivity contribution in [3.8, 4) is 0 Å². The fraction of sp³-hybridized carbons (Fsp3) is 1.00. The van der Waals surface area contributed by atoms with Crippen molar-refractivity contribution in [1.82, 2.24) is 5.32 Å². The number of aliphatic hydroxyl groups excluding tert-OH is 1. The molecule has 0 aromatic heterocycles. The molecule has 0 heterocycles. The van der Waals surface area contributed by atoms with E-state index in [1.807, 2.05) is 11.8 Å². The summed E-state index contributed by atoms with van der Waals surface area (Å²) in [5.74, 6) is 1.83. The second-order valence-electron chi connectivity index (χ2n) is 4.19. The maximum absolute atomic E-state index is 9.56. The zero-order chi connectivity index (χ0) is 10.8. The highest BCUT2D eigenvalue weighted by Gasteiger charge is 2.05. The highest BCUT2D eigenvalue weighted by molar-refractivity contribution is 7.98. The van der Waals surface area contributed by atoms with Gasteiger partial charge in [0.05, 0.1) is 6.10 Å². The first kappa shape index (κ1) is 14.3. The highest BCUT2D eigenvalue weighted by atomic mass is 32.2. The molecule has 0 bridgehead atoms. The molecule has 0 aromatic carbocycles. The summed E-state index contributed by atoms with van der Waals surface area (Å²) in [7, 11) is 0. The molecule has 0 saturated heterocycles. The van der Waals surface area contributed by atoms with Gasteiger partial charge in [-0.15, -0.1) is 0 Å². The Morgan fingerprint density at radius 3 is 2.57 bits per heavy atom. The topological polar surface area (TPSA) is 32.3 Å². The molecule has 14 heavy (non-hydrogen) atoms. The van der Waals surface area contributed by atoms with Gasteiger partial charge in [0.15, 0.2) is 0 Å². The standard InChI is InChI=1S/C11H25NOS/c1-10(2)8-11(13)9-12-6-4-5-7-14-3/h10-13H,4-9H2,1-3H3. The van der Waals surface area contributed by atoms with E-state index in [-0.39, 0.29) is 6.10 Å². The van der Waals surface area contributed by atoms with Crippen molar-refractivity contribution in [2.45, 2.75) is 39.2 Å². The van der Waals surface area contributed by atoms with Gasteiger partial charge in [-0.2, -0.15) is 11.8 Å². The van der Waals surface area contributed by atoms with E-state index in [4.69, 9.17) is 0 Å². The predicted molar refractivity (Wildman–Crippen MR) is 65.9 cm³/mol. The third kappa shape index (κ3) is 10.4. The summed E-state index contributed by atoms with van der Waals surface area (Å²) >= 11 is 1.90. The van der Waals surface area contributed by atoms with E-state index in [1.165, 1.54) is 18.6 Å². The Morgan fingerprint density at radius 1 is 1.29 bits per heavy atom. The SMILES string of the molecule is CSCCCCNCC(O)CC(C)C. The third-order valence-corrected chi connectivity index (χ3v) is 2.77. The Morgan fingerprint density at radius 2 is 2.00 bits per heavy atom. The van der Waals surface area contributed by atoms with Crippen LogP contribution in [0.3, 0.4) is 0 Å². The fourth-order valence-electron chi connectivity index (χ4n) is 1.39. The maximum atomic E-state index is 9.56. The van der Waals surface area contributed by atoms with Crippen LogP contribution in [0.5, 0.6) is 0 Å². The average molecular weight is 219 g/mol. The number of hydrogen-bond acceptors (Lipinski definition) is 3. The molecule has 1 unspecified atom stereocenters. The van der Waals surface area contributed by atoms with E-state index in [1.54, 1.807) is 0 Å². The Balaban J connectivity index is 3.10. The van der Waals surface area contributed by atoms with E-state index >= 15 is 0 Å². The molecule has 0 aromatic rings. The monoisotopic (exact) mass is 219 g/mol. The second-order valence-corrected chi connectivity index (χ2v) is 5.17. The number of unbranched alkanes of at least 4 members (excludes halogenated alkanes) is 1. The molecule has 1 atom stereocenters. The normalized spacial score (nSPS) is 13.5. The van der Waals surface area contributed by atoms with Crippen LogP contribution in [0, 0.1) is 5.92 Å². The quantitative estimate of drug-likeness (QED) is 0.583. The minimum absolute atomic E-state index is 0.171.